The molecule has 3 heterocycles. The molecule has 3 N–H and O–H groups in total. The summed E-state index contributed by atoms with van der Waals surface area (Å²) in [6, 6.07) is 19.0. The molecule has 2 aromatic carbocycles. The van der Waals surface area contributed by atoms with Gasteiger partial charge < -0.3 is 15.6 Å². The average Bonchev–Trinajstić information content (AvgIpc) is 3.52. The number of hydrogen-bond acceptors (Lipinski definition) is 3. The Hall–Kier alpha value is -2.40. The number of H-pyrrole nitrogens is 1. The van der Waals surface area contributed by atoms with Crippen LogP contribution in [0.2, 0.25) is 0 Å². The number of hydrogen-bond donors (Lipinski definition) is 3. The van der Waals surface area contributed by atoms with Crippen molar-refractivity contribution in [3.8, 4) is 11.1 Å². The molecule has 6 rings (SSSR count). The van der Waals surface area contributed by atoms with Crippen LogP contribution in [0.3, 0.4) is 0 Å². The molecule has 3 nitrogen and oxygen atoms in total. The SMILES string of the molecule is C[C@@H](NC1CCCc2c1[nH]c1ccc(-c3ccc4c(c3)CNC4)cc21)c1cccs1. The fourth-order valence-corrected chi connectivity index (χ4v) is 5.95. The molecule has 2 aromatic heterocycles. The third kappa shape index (κ3) is 3.11. The molecule has 0 amide bonds. The zero-order valence-electron chi connectivity index (χ0n) is 17.3. The first-order chi connectivity index (χ1) is 14.8. The molecule has 1 aliphatic carbocycles. The molecule has 4 heteroatoms. The van der Waals surface area contributed by atoms with Gasteiger partial charge in [-0.05, 0) is 83.6 Å². The van der Waals surface area contributed by atoms with Crippen LogP contribution < -0.4 is 10.6 Å². The minimum atomic E-state index is 0.378. The topological polar surface area (TPSA) is 39.9 Å². The molecule has 0 saturated carbocycles. The smallest absolute Gasteiger partial charge is 0.0481 e. The molecule has 0 fully saturated rings. The quantitative estimate of drug-likeness (QED) is 0.371. The zero-order chi connectivity index (χ0) is 20.1. The Bertz CT molecular complexity index is 1200. The lowest BCUT2D eigenvalue weighted by Crippen LogP contribution is -2.27. The van der Waals surface area contributed by atoms with Crippen LogP contribution in [0.4, 0.5) is 0 Å². The fourth-order valence-electron chi connectivity index (χ4n) is 5.20. The first kappa shape index (κ1) is 18.4. The molecule has 2 aliphatic rings. The van der Waals surface area contributed by atoms with Gasteiger partial charge in [-0.25, -0.2) is 0 Å². The zero-order valence-corrected chi connectivity index (χ0v) is 18.1. The Labute approximate surface area is 181 Å². The van der Waals surface area contributed by atoms with E-state index >= 15 is 0 Å². The van der Waals surface area contributed by atoms with E-state index in [0.29, 0.717) is 12.1 Å². The van der Waals surface area contributed by atoms with Gasteiger partial charge in [0.25, 0.3) is 0 Å². The molecule has 2 atom stereocenters. The minimum absolute atomic E-state index is 0.378. The lowest BCUT2D eigenvalue weighted by Gasteiger charge is -2.27. The predicted octanol–water partition coefficient (Wildman–Crippen LogP) is 6.23. The molecule has 152 valence electrons. The molecule has 0 bridgehead atoms. The summed E-state index contributed by atoms with van der Waals surface area (Å²) >= 11 is 1.84. The minimum Gasteiger partial charge on any atom is -0.357 e. The van der Waals surface area contributed by atoms with E-state index in [4.69, 9.17) is 0 Å². The molecule has 0 saturated heterocycles. The molecular weight excluding hydrogens is 386 g/mol. The highest BCUT2D eigenvalue weighted by atomic mass is 32.1. The molecule has 4 aromatic rings. The fraction of sp³-hybridized carbons (Fsp3) is 0.308. The van der Waals surface area contributed by atoms with Crippen molar-refractivity contribution in [3.05, 3.63) is 81.2 Å². The summed E-state index contributed by atoms with van der Waals surface area (Å²) < 4.78 is 0. The van der Waals surface area contributed by atoms with Crippen molar-refractivity contribution in [1.82, 2.24) is 15.6 Å². The number of rotatable bonds is 4. The first-order valence-electron chi connectivity index (χ1n) is 11.0. The normalized spacial score (nSPS) is 19.0. The Morgan fingerprint density at radius 2 is 1.90 bits per heavy atom. The highest BCUT2D eigenvalue weighted by molar-refractivity contribution is 7.10. The van der Waals surface area contributed by atoms with Crippen LogP contribution in [0.5, 0.6) is 0 Å². The van der Waals surface area contributed by atoms with Gasteiger partial charge in [-0.3, -0.25) is 0 Å². The van der Waals surface area contributed by atoms with Gasteiger partial charge in [0, 0.05) is 46.6 Å². The number of aryl methyl sites for hydroxylation is 1. The molecule has 0 radical (unpaired) electrons. The summed E-state index contributed by atoms with van der Waals surface area (Å²) in [7, 11) is 0. The summed E-state index contributed by atoms with van der Waals surface area (Å²) in [4.78, 5) is 5.18. The van der Waals surface area contributed by atoms with Crippen LogP contribution in [-0.2, 0) is 19.5 Å². The number of aromatic amines is 1. The summed E-state index contributed by atoms with van der Waals surface area (Å²) in [6.45, 7) is 4.27. The number of nitrogens with one attached hydrogen (secondary N) is 3. The monoisotopic (exact) mass is 413 g/mol. The van der Waals surface area contributed by atoms with Gasteiger partial charge in [-0.15, -0.1) is 11.3 Å². The highest BCUT2D eigenvalue weighted by Gasteiger charge is 2.26. The van der Waals surface area contributed by atoms with Crippen LogP contribution in [0, 0.1) is 0 Å². The van der Waals surface area contributed by atoms with Gasteiger partial charge >= 0.3 is 0 Å². The van der Waals surface area contributed by atoms with E-state index in [0.717, 1.165) is 13.1 Å². The van der Waals surface area contributed by atoms with Crippen molar-refractivity contribution < 1.29 is 0 Å². The van der Waals surface area contributed by atoms with Crippen molar-refractivity contribution in [3.63, 3.8) is 0 Å². The van der Waals surface area contributed by atoms with E-state index in [-0.39, 0.29) is 0 Å². The van der Waals surface area contributed by atoms with Crippen LogP contribution in [0.25, 0.3) is 22.0 Å². The molecular formula is C26H27N3S. The van der Waals surface area contributed by atoms with E-state index < -0.39 is 0 Å². The Morgan fingerprint density at radius 1 is 1.03 bits per heavy atom. The van der Waals surface area contributed by atoms with Gasteiger partial charge in [0.15, 0.2) is 0 Å². The molecule has 1 aliphatic heterocycles. The average molecular weight is 414 g/mol. The molecule has 30 heavy (non-hydrogen) atoms. The molecule has 1 unspecified atom stereocenters. The number of aromatic nitrogens is 1. The number of benzene rings is 2. The van der Waals surface area contributed by atoms with Crippen LogP contribution in [-0.4, -0.2) is 4.98 Å². The van der Waals surface area contributed by atoms with E-state index in [1.54, 1.807) is 0 Å². The Balaban J connectivity index is 1.35. The lowest BCUT2D eigenvalue weighted by molar-refractivity contribution is 0.413. The third-order valence-corrected chi connectivity index (χ3v) is 7.85. The lowest BCUT2D eigenvalue weighted by atomic mass is 9.90. The van der Waals surface area contributed by atoms with Crippen molar-refractivity contribution in [1.29, 1.82) is 0 Å². The maximum Gasteiger partial charge on any atom is 0.0481 e. The highest BCUT2D eigenvalue weighted by Crippen LogP contribution is 2.38. The van der Waals surface area contributed by atoms with Crippen molar-refractivity contribution >= 4 is 22.2 Å². The van der Waals surface area contributed by atoms with E-state index in [9.17, 15) is 0 Å². The van der Waals surface area contributed by atoms with Crippen LogP contribution in [0.15, 0.2) is 53.9 Å². The van der Waals surface area contributed by atoms with Gasteiger partial charge in [0.05, 0.1) is 0 Å². The number of fused-ring (bicyclic) bond motifs is 4. The molecule has 0 spiro atoms. The van der Waals surface area contributed by atoms with Crippen LogP contribution >= 0.6 is 11.3 Å². The Kier molecular flexibility index (Phi) is 4.52. The standard InChI is InChI=1S/C26H27N3S/c1-16(25-6-3-11-30-25)28-24-5-2-4-21-22-13-18(9-10-23(22)29-26(21)24)17-7-8-19-14-27-15-20(19)12-17/h3,6-13,16,24,27-29H,2,4-5,14-15H2,1H3/t16-,24?/m1/s1. The summed E-state index contributed by atoms with van der Waals surface area (Å²) in [5, 5.41) is 10.9. The summed E-state index contributed by atoms with van der Waals surface area (Å²) in [5.41, 5.74) is 9.70. The maximum atomic E-state index is 3.89. The van der Waals surface area contributed by atoms with E-state index in [1.807, 2.05) is 11.3 Å². The van der Waals surface area contributed by atoms with Crippen molar-refractivity contribution in [2.45, 2.75) is 51.4 Å². The van der Waals surface area contributed by atoms with Gasteiger partial charge in [0.2, 0.25) is 0 Å². The van der Waals surface area contributed by atoms with Crippen LogP contribution in [0.1, 0.15) is 59.1 Å². The second-order valence-electron chi connectivity index (χ2n) is 8.71. The van der Waals surface area contributed by atoms with Gasteiger partial charge in [-0.2, -0.15) is 0 Å². The van der Waals surface area contributed by atoms with Gasteiger partial charge in [-0.1, -0.05) is 24.3 Å². The summed E-state index contributed by atoms with van der Waals surface area (Å²) in [5.74, 6) is 0. The number of thiophene rings is 1. The second-order valence-corrected chi connectivity index (χ2v) is 9.69. The third-order valence-electron chi connectivity index (χ3n) is 6.80. The van der Waals surface area contributed by atoms with E-state index in [2.05, 4.69) is 76.5 Å². The van der Waals surface area contributed by atoms with E-state index in [1.165, 1.54) is 68.6 Å². The second kappa shape index (κ2) is 7.38. The summed E-state index contributed by atoms with van der Waals surface area (Å²) in [6.07, 6.45) is 3.60. The first-order valence-corrected chi connectivity index (χ1v) is 11.9. The Morgan fingerprint density at radius 3 is 2.80 bits per heavy atom. The van der Waals surface area contributed by atoms with Crippen molar-refractivity contribution in [2.24, 2.45) is 0 Å². The maximum absolute atomic E-state index is 3.89. The largest absolute Gasteiger partial charge is 0.357 e. The predicted molar refractivity (Wildman–Crippen MR) is 126 cm³/mol. The van der Waals surface area contributed by atoms with Crippen molar-refractivity contribution in [2.75, 3.05) is 0 Å². The van der Waals surface area contributed by atoms with Gasteiger partial charge in [0.1, 0.15) is 0 Å².